The molecular weight excluding hydrogens is 697 g/mol. The number of allylic oxidation sites excluding steroid dienone is 10. The number of esters is 3. The molecule has 0 aliphatic rings. The van der Waals surface area contributed by atoms with Crippen LogP contribution in [0.15, 0.2) is 60.8 Å². The van der Waals surface area contributed by atoms with Crippen molar-refractivity contribution in [3.8, 4) is 0 Å². The van der Waals surface area contributed by atoms with Gasteiger partial charge < -0.3 is 14.2 Å². The van der Waals surface area contributed by atoms with Crippen LogP contribution in [0.5, 0.6) is 0 Å². The highest BCUT2D eigenvalue weighted by Gasteiger charge is 2.19. The first-order chi connectivity index (χ1) is 27.5. The second-order valence-corrected chi connectivity index (χ2v) is 15.3. The third-order valence-corrected chi connectivity index (χ3v) is 9.74. The van der Waals surface area contributed by atoms with Gasteiger partial charge in [0, 0.05) is 19.3 Å². The van der Waals surface area contributed by atoms with Crippen LogP contribution in [0.1, 0.15) is 220 Å². The van der Waals surface area contributed by atoms with Gasteiger partial charge in [-0.1, -0.05) is 184 Å². The summed E-state index contributed by atoms with van der Waals surface area (Å²) in [5.74, 6) is -0.920. The maximum atomic E-state index is 12.7. The molecule has 1 atom stereocenters. The summed E-state index contributed by atoms with van der Waals surface area (Å²) in [5.41, 5.74) is 0. The van der Waals surface area contributed by atoms with E-state index in [1.54, 1.807) is 0 Å². The van der Waals surface area contributed by atoms with Crippen molar-refractivity contribution in [2.24, 2.45) is 0 Å². The Bertz CT molecular complexity index is 1040. The molecule has 0 aliphatic heterocycles. The fraction of sp³-hybridized carbons (Fsp3) is 0.740. The van der Waals surface area contributed by atoms with E-state index in [-0.39, 0.29) is 31.1 Å². The molecule has 0 fully saturated rings. The van der Waals surface area contributed by atoms with Crippen LogP contribution < -0.4 is 0 Å². The van der Waals surface area contributed by atoms with E-state index in [0.29, 0.717) is 19.3 Å². The molecule has 0 spiro atoms. The van der Waals surface area contributed by atoms with Crippen molar-refractivity contribution in [3.05, 3.63) is 60.8 Å². The summed E-state index contributed by atoms with van der Waals surface area (Å²) >= 11 is 0. The Morgan fingerprint density at radius 2 is 0.732 bits per heavy atom. The molecule has 0 amide bonds. The molecule has 56 heavy (non-hydrogen) atoms. The number of unbranched alkanes of at least 4 members (excludes halogenated alkanes) is 20. The summed E-state index contributed by atoms with van der Waals surface area (Å²) in [6.45, 7) is 6.41. The molecule has 0 aromatic carbocycles. The SMILES string of the molecule is CC/C=C\C/C=C\C/C=C\CCCCCCCC(=O)OCC(COC(=O)CCCCCCCCCCCC)OC(=O)CCCCCCC/C=C\C/C=C\CCC. The Balaban J connectivity index is 4.41. The predicted octanol–water partition coefficient (Wildman–Crippen LogP) is 14.9. The first kappa shape index (κ1) is 53.1. The molecule has 0 aromatic heterocycles. The minimum Gasteiger partial charge on any atom is -0.462 e. The highest BCUT2D eigenvalue weighted by molar-refractivity contribution is 5.71. The molecule has 6 nitrogen and oxygen atoms in total. The van der Waals surface area contributed by atoms with Gasteiger partial charge in [0.2, 0.25) is 0 Å². The number of ether oxygens (including phenoxy) is 3. The lowest BCUT2D eigenvalue weighted by Gasteiger charge is -2.18. The monoisotopic (exact) mass is 783 g/mol. The quantitative estimate of drug-likeness (QED) is 0.0266. The average Bonchev–Trinajstić information content (AvgIpc) is 3.19. The topological polar surface area (TPSA) is 78.9 Å². The third-order valence-electron chi connectivity index (χ3n) is 9.74. The van der Waals surface area contributed by atoms with Crippen molar-refractivity contribution in [2.75, 3.05) is 13.2 Å². The zero-order chi connectivity index (χ0) is 40.8. The number of hydrogen-bond donors (Lipinski definition) is 0. The van der Waals surface area contributed by atoms with Gasteiger partial charge in [0.25, 0.3) is 0 Å². The minimum atomic E-state index is -0.784. The fourth-order valence-corrected chi connectivity index (χ4v) is 6.26. The van der Waals surface area contributed by atoms with Gasteiger partial charge in [-0.2, -0.15) is 0 Å². The van der Waals surface area contributed by atoms with E-state index in [1.165, 1.54) is 51.4 Å². The summed E-state index contributed by atoms with van der Waals surface area (Å²) in [6, 6.07) is 0. The smallest absolute Gasteiger partial charge is 0.306 e. The molecule has 322 valence electrons. The molecule has 0 aliphatic carbocycles. The van der Waals surface area contributed by atoms with Gasteiger partial charge in [0.15, 0.2) is 6.10 Å². The van der Waals surface area contributed by atoms with Crippen molar-refractivity contribution >= 4 is 17.9 Å². The molecule has 6 heteroatoms. The normalized spacial score (nSPS) is 12.6. The number of hydrogen-bond acceptors (Lipinski definition) is 6. The standard InChI is InChI=1S/C50H86O6/c1-4-7-10-13-16-19-22-24-25-27-28-31-34-37-40-43-49(52)55-46-47(45-54-48(51)42-39-36-33-30-21-18-15-12-9-6-3)56-50(53)44-41-38-35-32-29-26-23-20-17-14-11-8-5-2/h7,10-11,14,16,19-20,23-25,47H,4-6,8-9,12-13,15,17-18,21-22,26-46H2,1-3H3/b10-7-,14-11-,19-16-,23-20-,25-24-. The van der Waals surface area contributed by atoms with Crippen LogP contribution in [0.4, 0.5) is 0 Å². The molecule has 0 heterocycles. The maximum absolute atomic E-state index is 12.7. The van der Waals surface area contributed by atoms with Crippen molar-refractivity contribution in [2.45, 2.75) is 226 Å². The van der Waals surface area contributed by atoms with Gasteiger partial charge in [-0.25, -0.2) is 0 Å². The van der Waals surface area contributed by atoms with Gasteiger partial charge in [-0.3, -0.25) is 14.4 Å². The molecule has 0 bridgehead atoms. The zero-order valence-electron chi connectivity index (χ0n) is 36.6. The predicted molar refractivity (Wildman–Crippen MR) is 238 cm³/mol. The van der Waals surface area contributed by atoms with Crippen LogP contribution in [-0.2, 0) is 28.6 Å². The van der Waals surface area contributed by atoms with Crippen molar-refractivity contribution in [1.82, 2.24) is 0 Å². The lowest BCUT2D eigenvalue weighted by molar-refractivity contribution is -0.167. The van der Waals surface area contributed by atoms with Crippen LogP contribution in [0.3, 0.4) is 0 Å². The van der Waals surface area contributed by atoms with Crippen molar-refractivity contribution < 1.29 is 28.6 Å². The molecular formula is C50H86O6. The first-order valence-electron chi connectivity index (χ1n) is 23.3. The van der Waals surface area contributed by atoms with Gasteiger partial charge in [0.05, 0.1) is 0 Å². The maximum Gasteiger partial charge on any atom is 0.306 e. The van der Waals surface area contributed by atoms with Gasteiger partial charge >= 0.3 is 17.9 Å². The Morgan fingerprint density at radius 3 is 1.16 bits per heavy atom. The van der Waals surface area contributed by atoms with E-state index in [2.05, 4.69) is 81.5 Å². The molecule has 1 unspecified atom stereocenters. The van der Waals surface area contributed by atoms with E-state index in [4.69, 9.17) is 14.2 Å². The summed E-state index contributed by atoms with van der Waals surface area (Å²) in [6.07, 6.45) is 53.4. The molecule has 0 N–H and O–H groups in total. The Morgan fingerprint density at radius 1 is 0.375 bits per heavy atom. The summed E-state index contributed by atoms with van der Waals surface area (Å²) in [7, 11) is 0. The Labute approximate surface area is 345 Å². The Kier molecular flexibility index (Phi) is 42.5. The van der Waals surface area contributed by atoms with E-state index >= 15 is 0 Å². The number of carbonyl (C=O) groups is 3. The van der Waals surface area contributed by atoms with Crippen LogP contribution in [-0.4, -0.2) is 37.2 Å². The van der Waals surface area contributed by atoms with Gasteiger partial charge in [-0.05, 0) is 77.0 Å². The van der Waals surface area contributed by atoms with Gasteiger partial charge in [0.1, 0.15) is 13.2 Å². The molecule has 0 rings (SSSR count). The average molecular weight is 783 g/mol. The third kappa shape index (κ3) is 42.3. The summed E-state index contributed by atoms with van der Waals surface area (Å²) in [5, 5.41) is 0. The van der Waals surface area contributed by atoms with Crippen LogP contribution in [0.2, 0.25) is 0 Å². The van der Waals surface area contributed by atoms with Crippen LogP contribution in [0, 0.1) is 0 Å². The number of rotatable bonds is 41. The molecule has 0 aromatic rings. The Hall–Kier alpha value is -2.89. The van der Waals surface area contributed by atoms with E-state index < -0.39 is 6.10 Å². The highest BCUT2D eigenvalue weighted by Crippen LogP contribution is 2.14. The van der Waals surface area contributed by atoms with Crippen LogP contribution >= 0.6 is 0 Å². The largest absolute Gasteiger partial charge is 0.462 e. The van der Waals surface area contributed by atoms with Crippen LogP contribution in [0.25, 0.3) is 0 Å². The summed E-state index contributed by atoms with van der Waals surface area (Å²) in [4.78, 5) is 37.7. The van der Waals surface area contributed by atoms with Gasteiger partial charge in [-0.15, -0.1) is 0 Å². The van der Waals surface area contributed by atoms with Crippen molar-refractivity contribution in [3.63, 3.8) is 0 Å². The van der Waals surface area contributed by atoms with E-state index in [0.717, 1.165) is 128 Å². The second-order valence-electron chi connectivity index (χ2n) is 15.3. The van der Waals surface area contributed by atoms with Crippen molar-refractivity contribution in [1.29, 1.82) is 0 Å². The fourth-order valence-electron chi connectivity index (χ4n) is 6.26. The summed E-state index contributed by atoms with van der Waals surface area (Å²) < 4.78 is 16.7. The highest BCUT2D eigenvalue weighted by atomic mass is 16.6. The lowest BCUT2D eigenvalue weighted by atomic mass is 10.1. The molecule has 0 saturated heterocycles. The number of carbonyl (C=O) groups excluding carboxylic acids is 3. The zero-order valence-corrected chi connectivity index (χ0v) is 36.6. The van der Waals surface area contributed by atoms with E-state index in [1.807, 2.05) is 0 Å². The minimum absolute atomic E-state index is 0.0848. The first-order valence-corrected chi connectivity index (χ1v) is 23.3. The second kappa shape index (κ2) is 44.8. The molecule has 0 saturated carbocycles. The van der Waals surface area contributed by atoms with E-state index in [9.17, 15) is 14.4 Å². The molecule has 0 radical (unpaired) electrons. The lowest BCUT2D eigenvalue weighted by Crippen LogP contribution is -2.30.